The van der Waals surface area contributed by atoms with Gasteiger partial charge in [0.05, 0.1) is 0 Å². The van der Waals surface area contributed by atoms with E-state index >= 15 is 0 Å². The van der Waals surface area contributed by atoms with Crippen molar-refractivity contribution in [2.24, 2.45) is 5.92 Å². The molecule has 2 nitrogen and oxygen atoms in total. The molecule has 1 aliphatic carbocycles. The Morgan fingerprint density at radius 3 is 2.23 bits per heavy atom. The molecule has 0 saturated heterocycles. The molecular formula is C11H24N2. The van der Waals surface area contributed by atoms with Crippen LogP contribution in [0, 0.1) is 5.92 Å². The molecule has 0 atom stereocenters. The molecule has 0 aromatic carbocycles. The van der Waals surface area contributed by atoms with Gasteiger partial charge in [-0.25, -0.2) is 0 Å². The van der Waals surface area contributed by atoms with Crippen LogP contribution >= 0.6 is 0 Å². The predicted octanol–water partition coefficient (Wildman–Crippen LogP) is 2.41. The fraction of sp³-hybridized carbons (Fsp3) is 1.00. The number of rotatable bonds is 4. The summed E-state index contributed by atoms with van der Waals surface area (Å²) in [6, 6.07) is 0.739. The van der Waals surface area contributed by atoms with Crippen LogP contribution in [-0.2, 0) is 0 Å². The van der Waals surface area contributed by atoms with Crippen molar-refractivity contribution in [2.75, 3.05) is 14.1 Å². The quantitative estimate of drug-likeness (QED) is 0.675. The fourth-order valence-electron chi connectivity index (χ4n) is 2.35. The minimum Gasteiger partial charge on any atom is -0.253 e. The van der Waals surface area contributed by atoms with Crippen molar-refractivity contribution in [3.8, 4) is 0 Å². The van der Waals surface area contributed by atoms with E-state index in [1.54, 1.807) is 0 Å². The average Bonchev–Trinajstić information content (AvgIpc) is 2.08. The highest BCUT2D eigenvalue weighted by atomic mass is 15.5. The van der Waals surface area contributed by atoms with Crippen LogP contribution in [0.4, 0.5) is 0 Å². The second kappa shape index (κ2) is 5.61. The first-order valence-electron chi connectivity index (χ1n) is 5.66. The first kappa shape index (κ1) is 11.0. The molecule has 0 aromatic heterocycles. The Labute approximate surface area is 82.7 Å². The largest absolute Gasteiger partial charge is 0.253 e. The van der Waals surface area contributed by atoms with Crippen molar-refractivity contribution in [3.05, 3.63) is 0 Å². The topological polar surface area (TPSA) is 15.3 Å². The summed E-state index contributed by atoms with van der Waals surface area (Å²) in [5, 5.41) is 2.09. The van der Waals surface area contributed by atoms with Crippen LogP contribution < -0.4 is 5.43 Å². The normalized spacial score (nSPS) is 29.5. The third kappa shape index (κ3) is 4.10. The first-order chi connectivity index (χ1) is 6.22. The van der Waals surface area contributed by atoms with Crippen molar-refractivity contribution < 1.29 is 0 Å². The summed E-state index contributed by atoms with van der Waals surface area (Å²) in [6.07, 6.45) is 8.38. The summed E-state index contributed by atoms with van der Waals surface area (Å²) in [4.78, 5) is 0. The second-order valence-corrected chi connectivity index (χ2v) is 4.53. The molecule has 0 aliphatic heterocycles. The molecule has 13 heavy (non-hydrogen) atoms. The van der Waals surface area contributed by atoms with Gasteiger partial charge in [0.1, 0.15) is 0 Å². The number of nitrogens with zero attached hydrogens (tertiary/aromatic N) is 1. The van der Waals surface area contributed by atoms with Crippen molar-refractivity contribution in [1.82, 2.24) is 10.4 Å². The van der Waals surface area contributed by atoms with Crippen LogP contribution in [0.5, 0.6) is 0 Å². The molecule has 1 saturated carbocycles. The maximum atomic E-state index is 3.48. The average molecular weight is 184 g/mol. The van der Waals surface area contributed by atoms with Gasteiger partial charge in [0.15, 0.2) is 0 Å². The molecular weight excluding hydrogens is 160 g/mol. The highest BCUT2D eigenvalue weighted by molar-refractivity contribution is 4.75. The van der Waals surface area contributed by atoms with E-state index in [-0.39, 0.29) is 0 Å². The molecule has 2 heteroatoms. The summed E-state index contributed by atoms with van der Waals surface area (Å²) >= 11 is 0. The lowest BCUT2D eigenvalue weighted by Crippen LogP contribution is -2.41. The molecule has 1 aliphatic rings. The molecule has 0 aromatic rings. The Morgan fingerprint density at radius 2 is 1.77 bits per heavy atom. The SMILES string of the molecule is CCCC1CCC(NN(C)C)CC1. The van der Waals surface area contributed by atoms with Crippen molar-refractivity contribution >= 4 is 0 Å². The zero-order valence-electron chi connectivity index (χ0n) is 9.34. The van der Waals surface area contributed by atoms with Crippen LogP contribution in [0.1, 0.15) is 45.4 Å². The Kier molecular flexibility index (Phi) is 4.74. The smallest absolute Gasteiger partial charge is 0.0215 e. The van der Waals surface area contributed by atoms with E-state index in [0.717, 1.165) is 12.0 Å². The van der Waals surface area contributed by atoms with Gasteiger partial charge in [0, 0.05) is 20.1 Å². The molecule has 0 spiro atoms. The highest BCUT2D eigenvalue weighted by Crippen LogP contribution is 2.27. The molecule has 1 N–H and O–H groups in total. The van der Waals surface area contributed by atoms with Crippen LogP contribution in [0.25, 0.3) is 0 Å². The molecule has 1 rings (SSSR count). The van der Waals surface area contributed by atoms with E-state index in [1.165, 1.54) is 38.5 Å². The third-order valence-corrected chi connectivity index (χ3v) is 2.98. The maximum absolute atomic E-state index is 3.48. The number of hydrazine groups is 1. The van der Waals surface area contributed by atoms with Gasteiger partial charge in [-0.05, 0) is 31.6 Å². The summed E-state index contributed by atoms with van der Waals surface area (Å²) in [5.74, 6) is 1.02. The van der Waals surface area contributed by atoms with Crippen LogP contribution in [0.3, 0.4) is 0 Å². The number of hydrogen-bond acceptors (Lipinski definition) is 2. The minimum absolute atomic E-state index is 0.739. The van der Waals surface area contributed by atoms with Crippen LogP contribution in [0.15, 0.2) is 0 Å². The summed E-state index contributed by atoms with van der Waals surface area (Å²) < 4.78 is 0. The summed E-state index contributed by atoms with van der Waals surface area (Å²) in [5.41, 5.74) is 3.48. The minimum atomic E-state index is 0.739. The molecule has 0 heterocycles. The Bertz CT molecular complexity index is 126. The molecule has 0 radical (unpaired) electrons. The zero-order chi connectivity index (χ0) is 9.68. The van der Waals surface area contributed by atoms with E-state index in [0.29, 0.717) is 0 Å². The van der Waals surface area contributed by atoms with E-state index in [1.807, 2.05) is 0 Å². The van der Waals surface area contributed by atoms with E-state index in [4.69, 9.17) is 0 Å². The predicted molar refractivity (Wildman–Crippen MR) is 57.5 cm³/mol. The summed E-state index contributed by atoms with van der Waals surface area (Å²) in [7, 11) is 4.16. The van der Waals surface area contributed by atoms with Crippen molar-refractivity contribution in [3.63, 3.8) is 0 Å². The Balaban J connectivity index is 2.15. The van der Waals surface area contributed by atoms with E-state index in [2.05, 4.69) is 31.5 Å². The monoisotopic (exact) mass is 184 g/mol. The number of nitrogens with one attached hydrogen (secondary N) is 1. The first-order valence-corrected chi connectivity index (χ1v) is 5.66. The zero-order valence-corrected chi connectivity index (χ0v) is 9.34. The van der Waals surface area contributed by atoms with Crippen molar-refractivity contribution in [2.45, 2.75) is 51.5 Å². The third-order valence-electron chi connectivity index (χ3n) is 2.98. The Morgan fingerprint density at radius 1 is 1.15 bits per heavy atom. The van der Waals surface area contributed by atoms with Gasteiger partial charge in [-0.15, -0.1) is 0 Å². The van der Waals surface area contributed by atoms with E-state index < -0.39 is 0 Å². The van der Waals surface area contributed by atoms with Gasteiger partial charge in [-0.3, -0.25) is 10.4 Å². The second-order valence-electron chi connectivity index (χ2n) is 4.53. The van der Waals surface area contributed by atoms with Crippen molar-refractivity contribution in [1.29, 1.82) is 0 Å². The van der Waals surface area contributed by atoms with Gasteiger partial charge in [-0.2, -0.15) is 0 Å². The molecule has 0 amide bonds. The maximum Gasteiger partial charge on any atom is 0.0215 e. The molecule has 0 bridgehead atoms. The van der Waals surface area contributed by atoms with Gasteiger partial charge in [-0.1, -0.05) is 19.8 Å². The lowest BCUT2D eigenvalue weighted by atomic mass is 9.84. The van der Waals surface area contributed by atoms with Gasteiger partial charge in [0.25, 0.3) is 0 Å². The molecule has 1 fully saturated rings. The van der Waals surface area contributed by atoms with Gasteiger partial charge < -0.3 is 0 Å². The Hall–Kier alpha value is -0.0800. The molecule has 0 unspecified atom stereocenters. The van der Waals surface area contributed by atoms with E-state index in [9.17, 15) is 0 Å². The lowest BCUT2D eigenvalue weighted by Gasteiger charge is -2.30. The van der Waals surface area contributed by atoms with Crippen LogP contribution in [-0.4, -0.2) is 25.1 Å². The van der Waals surface area contributed by atoms with Gasteiger partial charge in [0.2, 0.25) is 0 Å². The standard InChI is InChI=1S/C11H24N2/c1-4-5-10-6-8-11(9-7-10)12-13(2)3/h10-12H,4-9H2,1-3H3. The highest BCUT2D eigenvalue weighted by Gasteiger charge is 2.20. The lowest BCUT2D eigenvalue weighted by molar-refractivity contribution is 0.182. The summed E-state index contributed by atoms with van der Waals surface area (Å²) in [6.45, 7) is 2.30. The fourth-order valence-corrected chi connectivity index (χ4v) is 2.35. The van der Waals surface area contributed by atoms with Crippen LogP contribution in [0.2, 0.25) is 0 Å². The molecule has 78 valence electrons. The van der Waals surface area contributed by atoms with Gasteiger partial charge >= 0.3 is 0 Å². The number of hydrogen-bond donors (Lipinski definition) is 1.